The topological polar surface area (TPSA) is 24.9 Å². The van der Waals surface area contributed by atoms with Crippen molar-refractivity contribution in [1.29, 1.82) is 0 Å². The third-order valence-electron chi connectivity index (χ3n) is 4.04. The number of nitrogens with zero attached hydrogens (tertiary/aromatic N) is 2. The number of hydrogen-bond acceptors (Lipinski definition) is 4. The summed E-state index contributed by atoms with van der Waals surface area (Å²) in [7, 11) is 1.76. The molecule has 1 atom stereocenters. The Bertz CT molecular complexity index is 398. The number of likely N-dealkylation sites (N-methyl/N-ethyl adjacent to an activating group) is 1. The Balaban J connectivity index is 1.62. The van der Waals surface area contributed by atoms with E-state index < -0.39 is 0 Å². The lowest BCUT2D eigenvalue weighted by Crippen LogP contribution is -2.46. The largest absolute Gasteiger partial charge is 0.369 e. The molecule has 4 nitrogen and oxygen atoms in total. The fourth-order valence-electron chi connectivity index (χ4n) is 2.69. The van der Waals surface area contributed by atoms with Crippen molar-refractivity contribution in [3.8, 4) is 0 Å². The van der Waals surface area contributed by atoms with Crippen molar-refractivity contribution in [2.24, 2.45) is 0 Å². The summed E-state index contributed by atoms with van der Waals surface area (Å²) in [6.45, 7) is 8.57. The smallest absolute Gasteiger partial charge is 0.354 e. The van der Waals surface area contributed by atoms with Gasteiger partial charge in [-0.3, -0.25) is 4.89 Å². The van der Waals surface area contributed by atoms with Crippen LogP contribution in [-0.4, -0.2) is 51.7 Å². The molecule has 0 spiro atoms. The first-order valence-electron chi connectivity index (χ1n) is 7.05. The number of anilines is 1. The van der Waals surface area contributed by atoms with Crippen LogP contribution in [-0.2, 0) is 9.69 Å². The fourth-order valence-corrected chi connectivity index (χ4v) is 2.69. The van der Waals surface area contributed by atoms with Gasteiger partial charge in [0.25, 0.3) is 0 Å². The maximum atomic E-state index is 4.91. The summed E-state index contributed by atoms with van der Waals surface area (Å²) < 4.78 is 0. The molecule has 2 saturated heterocycles. The highest BCUT2D eigenvalue weighted by Crippen LogP contribution is 2.23. The molecular weight excluding hydrogens is 239 g/mol. The summed E-state index contributed by atoms with van der Waals surface area (Å²) in [6, 6.07) is 8.79. The lowest BCUT2D eigenvalue weighted by atomic mass is 9.77. The van der Waals surface area contributed by atoms with Crippen LogP contribution < -0.4 is 4.90 Å². The van der Waals surface area contributed by atoms with E-state index in [2.05, 4.69) is 41.0 Å². The minimum atomic E-state index is 0.269. The number of hydrogen-bond donors (Lipinski definition) is 0. The van der Waals surface area contributed by atoms with Crippen molar-refractivity contribution >= 4 is 13.2 Å². The highest BCUT2D eigenvalue weighted by Gasteiger charge is 2.22. The normalized spacial score (nSPS) is 24.5. The van der Waals surface area contributed by atoms with E-state index in [0.717, 1.165) is 32.7 Å². The summed E-state index contributed by atoms with van der Waals surface area (Å²) in [5.74, 6) is 0.269. The summed E-state index contributed by atoms with van der Waals surface area (Å²) >= 11 is 0. The van der Waals surface area contributed by atoms with Gasteiger partial charge in [-0.05, 0) is 24.2 Å². The van der Waals surface area contributed by atoms with E-state index in [1.807, 2.05) is 0 Å². The zero-order chi connectivity index (χ0) is 13.1. The van der Waals surface area contributed by atoms with E-state index in [9.17, 15) is 0 Å². The Labute approximate surface area is 115 Å². The number of benzene rings is 1. The Morgan fingerprint density at radius 1 is 1.16 bits per heavy atom. The first kappa shape index (κ1) is 13.0. The molecule has 0 N–H and O–H groups in total. The molecule has 1 aromatic rings. The lowest BCUT2D eigenvalue weighted by molar-refractivity contribution is -0.183. The average Bonchev–Trinajstić information content (AvgIpc) is 3.02. The second kappa shape index (κ2) is 5.95. The molecule has 1 unspecified atom stereocenters. The zero-order valence-corrected chi connectivity index (χ0v) is 11.4. The molecule has 5 heteroatoms. The van der Waals surface area contributed by atoms with Crippen molar-refractivity contribution in [1.82, 2.24) is 4.90 Å². The Hall–Kier alpha value is -1.04. The minimum Gasteiger partial charge on any atom is -0.369 e. The van der Waals surface area contributed by atoms with Crippen molar-refractivity contribution < 1.29 is 9.69 Å². The van der Waals surface area contributed by atoms with Crippen LogP contribution in [0.15, 0.2) is 24.3 Å². The standard InChI is InChI=1S/C14H20BN2O2/c1-2-16-7-9-17(10-8-16)13-5-3-12(4-6-13)14-11-18-19-15-14/h3-6,14H,2,7-11H2,1H3. The number of piperazine rings is 1. The van der Waals surface area contributed by atoms with Crippen molar-refractivity contribution in [2.75, 3.05) is 44.2 Å². The van der Waals surface area contributed by atoms with Gasteiger partial charge >= 0.3 is 7.48 Å². The minimum absolute atomic E-state index is 0.269. The van der Waals surface area contributed by atoms with Gasteiger partial charge in [-0.1, -0.05) is 19.1 Å². The molecule has 0 aliphatic carbocycles. The van der Waals surface area contributed by atoms with Gasteiger partial charge < -0.3 is 14.6 Å². The molecule has 1 radical (unpaired) electrons. The van der Waals surface area contributed by atoms with Crippen molar-refractivity contribution in [3.63, 3.8) is 0 Å². The first-order valence-corrected chi connectivity index (χ1v) is 7.05. The van der Waals surface area contributed by atoms with Gasteiger partial charge in [0.1, 0.15) is 0 Å². The van der Waals surface area contributed by atoms with Gasteiger partial charge in [0.2, 0.25) is 0 Å². The molecule has 2 aliphatic heterocycles. The SMILES string of the molecule is CCN1CCN(c2ccc(C3[B]OOC3)cc2)CC1. The molecule has 0 aromatic heterocycles. The highest BCUT2D eigenvalue weighted by molar-refractivity contribution is 6.30. The molecule has 3 rings (SSSR count). The third-order valence-corrected chi connectivity index (χ3v) is 4.04. The summed E-state index contributed by atoms with van der Waals surface area (Å²) in [5.41, 5.74) is 2.58. The molecule has 101 valence electrons. The molecule has 1 aromatic carbocycles. The zero-order valence-electron chi connectivity index (χ0n) is 11.4. The van der Waals surface area contributed by atoms with Crippen molar-refractivity contribution in [2.45, 2.75) is 12.7 Å². The molecule has 2 fully saturated rings. The van der Waals surface area contributed by atoms with Crippen LogP contribution in [0.3, 0.4) is 0 Å². The Morgan fingerprint density at radius 2 is 1.89 bits per heavy atom. The van der Waals surface area contributed by atoms with Gasteiger partial charge in [-0.15, -0.1) is 0 Å². The van der Waals surface area contributed by atoms with E-state index in [1.54, 1.807) is 7.48 Å². The predicted octanol–water partition coefficient (Wildman–Crippen LogP) is 1.45. The molecule has 0 bridgehead atoms. The second-order valence-electron chi connectivity index (χ2n) is 5.14. The van der Waals surface area contributed by atoms with Gasteiger partial charge in [-0.2, -0.15) is 0 Å². The van der Waals surface area contributed by atoms with Gasteiger partial charge in [0.15, 0.2) is 0 Å². The molecule has 2 heterocycles. The second-order valence-corrected chi connectivity index (χ2v) is 5.14. The molecule has 0 saturated carbocycles. The maximum absolute atomic E-state index is 4.91. The first-order chi connectivity index (χ1) is 9.36. The van der Waals surface area contributed by atoms with E-state index in [-0.39, 0.29) is 5.82 Å². The molecule has 0 amide bonds. The van der Waals surface area contributed by atoms with Crippen molar-refractivity contribution in [3.05, 3.63) is 29.8 Å². The highest BCUT2D eigenvalue weighted by atomic mass is 17.2. The van der Waals surface area contributed by atoms with Crippen LogP contribution in [0, 0.1) is 0 Å². The predicted molar refractivity (Wildman–Crippen MR) is 76.3 cm³/mol. The molecule has 19 heavy (non-hydrogen) atoms. The molecule has 2 aliphatic rings. The van der Waals surface area contributed by atoms with E-state index >= 15 is 0 Å². The number of rotatable bonds is 3. The summed E-state index contributed by atoms with van der Waals surface area (Å²) in [5, 5.41) is 0. The van der Waals surface area contributed by atoms with E-state index in [1.165, 1.54) is 11.3 Å². The Kier molecular flexibility index (Phi) is 4.06. The van der Waals surface area contributed by atoms with Crippen LogP contribution in [0.1, 0.15) is 18.3 Å². The summed E-state index contributed by atoms with van der Waals surface area (Å²) in [6.07, 6.45) is 0. The van der Waals surface area contributed by atoms with Crippen LogP contribution in [0.5, 0.6) is 0 Å². The maximum Gasteiger partial charge on any atom is 0.354 e. The average molecular weight is 259 g/mol. The Morgan fingerprint density at radius 3 is 2.47 bits per heavy atom. The quantitative estimate of drug-likeness (QED) is 0.606. The molecular formula is C14H20BN2O2. The van der Waals surface area contributed by atoms with Crippen LogP contribution in [0.4, 0.5) is 5.69 Å². The van der Waals surface area contributed by atoms with E-state index in [4.69, 9.17) is 9.69 Å². The van der Waals surface area contributed by atoms with Crippen LogP contribution in [0.2, 0.25) is 0 Å². The lowest BCUT2D eigenvalue weighted by Gasteiger charge is -2.35. The van der Waals surface area contributed by atoms with E-state index in [0.29, 0.717) is 6.61 Å². The van der Waals surface area contributed by atoms with Crippen LogP contribution in [0.25, 0.3) is 0 Å². The van der Waals surface area contributed by atoms with Crippen LogP contribution >= 0.6 is 0 Å². The van der Waals surface area contributed by atoms with Gasteiger partial charge in [0.05, 0.1) is 6.61 Å². The van der Waals surface area contributed by atoms with Gasteiger partial charge in [0, 0.05) is 37.7 Å². The fraction of sp³-hybridized carbons (Fsp3) is 0.571. The summed E-state index contributed by atoms with van der Waals surface area (Å²) in [4.78, 5) is 14.7. The third kappa shape index (κ3) is 2.94. The van der Waals surface area contributed by atoms with Gasteiger partial charge in [-0.25, -0.2) is 0 Å². The monoisotopic (exact) mass is 259 g/mol.